The van der Waals surface area contributed by atoms with Crippen LogP contribution in [0.2, 0.25) is 0 Å². The molecule has 0 bridgehead atoms. The summed E-state index contributed by atoms with van der Waals surface area (Å²) in [4.78, 5) is 23.3. The van der Waals surface area contributed by atoms with E-state index in [-0.39, 0.29) is 19.1 Å². The van der Waals surface area contributed by atoms with E-state index < -0.39 is 18.0 Å². The van der Waals surface area contributed by atoms with Gasteiger partial charge in [-0.3, -0.25) is 4.79 Å². The average molecular weight is 361 g/mol. The van der Waals surface area contributed by atoms with Crippen LogP contribution in [0.3, 0.4) is 0 Å². The number of ether oxygens (including phenoxy) is 1. The standard InChI is InChI=1S/C18H20FN3O4/c1-26-11-17(24)21-14-5-7-15(8-6-14)22-18(25)20-10-16(23)12-3-2-4-13(19)9-12/h2-9,16,23H,10-11H2,1H3,(H,21,24)(H2,20,22,25). The molecule has 3 amide bonds. The third-order valence-electron chi connectivity index (χ3n) is 3.39. The van der Waals surface area contributed by atoms with Crippen molar-refractivity contribution in [3.05, 3.63) is 59.9 Å². The summed E-state index contributed by atoms with van der Waals surface area (Å²) in [6.07, 6.45) is -1.02. The molecular weight excluding hydrogens is 341 g/mol. The number of halogens is 1. The summed E-state index contributed by atoms with van der Waals surface area (Å²) in [5, 5.41) is 17.7. The Kier molecular flexibility index (Phi) is 7.07. The number of amides is 3. The van der Waals surface area contributed by atoms with Gasteiger partial charge in [-0.2, -0.15) is 0 Å². The Morgan fingerprint density at radius 1 is 1.12 bits per heavy atom. The van der Waals surface area contributed by atoms with Crippen molar-refractivity contribution in [3.63, 3.8) is 0 Å². The minimum absolute atomic E-state index is 0.0456. The highest BCUT2D eigenvalue weighted by molar-refractivity contribution is 5.93. The second-order valence-corrected chi connectivity index (χ2v) is 5.46. The van der Waals surface area contributed by atoms with Crippen LogP contribution in [0.4, 0.5) is 20.6 Å². The fourth-order valence-electron chi connectivity index (χ4n) is 2.16. The van der Waals surface area contributed by atoms with Crippen molar-refractivity contribution >= 4 is 23.3 Å². The van der Waals surface area contributed by atoms with Crippen molar-refractivity contribution in [2.24, 2.45) is 0 Å². The van der Waals surface area contributed by atoms with E-state index in [0.717, 1.165) is 0 Å². The molecule has 0 aliphatic rings. The number of hydrogen-bond donors (Lipinski definition) is 4. The molecule has 2 aromatic rings. The molecule has 8 heteroatoms. The van der Waals surface area contributed by atoms with Gasteiger partial charge >= 0.3 is 6.03 Å². The second kappa shape index (κ2) is 9.50. The Hall–Kier alpha value is -2.97. The second-order valence-electron chi connectivity index (χ2n) is 5.46. The molecule has 1 unspecified atom stereocenters. The number of aliphatic hydroxyl groups excluding tert-OH is 1. The maximum Gasteiger partial charge on any atom is 0.319 e. The summed E-state index contributed by atoms with van der Waals surface area (Å²) in [6.45, 7) is -0.115. The van der Waals surface area contributed by atoms with Crippen molar-refractivity contribution in [3.8, 4) is 0 Å². The summed E-state index contributed by atoms with van der Waals surface area (Å²) >= 11 is 0. The summed E-state index contributed by atoms with van der Waals surface area (Å²) < 4.78 is 17.8. The molecule has 7 nitrogen and oxygen atoms in total. The van der Waals surface area contributed by atoms with Crippen LogP contribution in [0.15, 0.2) is 48.5 Å². The quantitative estimate of drug-likeness (QED) is 0.608. The molecule has 0 radical (unpaired) electrons. The zero-order valence-electron chi connectivity index (χ0n) is 14.2. The van der Waals surface area contributed by atoms with Gasteiger partial charge in [0, 0.05) is 25.0 Å². The van der Waals surface area contributed by atoms with Crippen LogP contribution < -0.4 is 16.0 Å². The Bertz CT molecular complexity index is 752. The highest BCUT2D eigenvalue weighted by atomic mass is 19.1. The van der Waals surface area contributed by atoms with Gasteiger partial charge in [-0.05, 0) is 42.0 Å². The number of urea groups is 1. The predicted molar refractivity (Wildman–Crippen MR) is 95.3 cm³/mol. The van der Waals surface area contributed by atoms with E-state index in [0.29, 0.717) is 16.9 Å². The molecular formula is C18H20FN3O4. The van der Waals surface area contributed by atoms with Crippen molar-refractivity contribution in [1.82, 2.24) is 5.32 Å². The summed E-state index contributed by atoms with van der Waals surface area (Å²) in [5.41, 5.74) is 1.45. The number of benzene rings is 2. The zero-order valence-corrected chi connectivity index (χ0v) is 14.2. The molecule has 138 valence electrons. The van der Waals surface area contributed by atoms with Gasteiger partial charge in [0.2, 0.25) is 5.91 Å². The van der Waals surface area contributed by atoms with E-state index in [4.69, 9.17) is 4.74 Å². The lowest BCUT2D eigenvalue weighted by molar-refractivity contribution is -0.119. The monoisotopic (exact) mass is 361 g/mol. The van der Waals surface area contributed by atoms with Crippen molar-refractivity contribution in [2.45, 2.75) is 6.10 Å². The van der Waals surface area contributed by atoms with Crippen LogP contribution in [-0.4, -0.2) is 37.3 Å². The zero-order chi connectivity index (χ0) is 18.9. The first-order valence-electron chi connectivity index (χ1n) is 7.85. The number of methoxy groups -OCH3 is 1. The fourth-order valence-corrected chi connectivity index (χ4v) is 2.16. The first kappa shape index (κ1) is 19.4. The first-order valence-corrected chi connectivity index (χ1v) is 7.85. The molecule has 0 fully saturated rings. The van der Waals surface area contributed by atoms with E-state index in [1.807, 2.05) is 0 Å². The Labute approximate surface area is 150 Å². The van der Waals surface area contributed by atoms with Crippen LogP contribution in [0, 0.1) is 5.82 Å². The number of nitrogens with one attached hydrogen (secondary N) is 3. The third kappa shape index (κ3) is 6.15. The molecule has 1 atom stereocenters. The number of hydrogen-bond acceptors (Lipinski definition) is 4. The van der Waals surface area contributed by atoms with Gasteiger partial charge in [0.05, 0.1) is 6.10 Å². The van der Waals surface area contributed by atoms with Crippen molar-refractivity contribution < 1.29 is 23.8 Å². The lowest BCUT2D eigenvalue weighted by Crippen LogP contribution is -2.32. The van der Waals surface area contributed by atoms with E-state index in [2.05, 4.69) is 16.0 Å². The molecule has 4 N–H and O–H groups in total. The minimum atomic E-state index is -1.02. The number of rotatable bonds is 7. The first-order chi connectivity index (χ1) is 12.5. The molecule has 26 heavy (non-hydrogen) atoms. The number of carbonyl (C=O) groups is 2. The van der Waals surface area contributed by atoms with Gasteiger partial charge in [-0.25, -0.2) is 9.18 Å². The highest BCUT2D eigenvalue weighted by Gasteiger charge is 2.10. The van der Waals surface area contributed by atoms with Crippen molar-refractivity contribution in [2.75, 3.05) is 30.9 Å². The smallest absolute Gasteiger partial charge is 0.319 e. The van der Waals surface area contributed by atoms with E-state index >= 15 is 0 Å². The summed E-state index contributed by atoms with van der Waals surface area (Å²) in [5.74, 6) is -0.735. The normalized spacial score (nSPS) is 11.5. The van der Waals surface area contributed by atoms with Gasteiger partial charge in [0.25, 0.3) is 0 Å². The Morgan fingerprint density at radius 2 is 1.77 bits per heavy atom. The number of carbonyl (C=O) groups excluding carboxylic acids is 2. The van der Waals surface area contributed by atoms with Gasteiger partial charge < -0.3 is 25.8 Å². The maximum absolute atomic E-state index is 13.1. The van der Waals surface area contributed by atoms with Crippen LogP contribution in [-0.2, 0) is 9.53 Å². The lowest BCUT2D eigenvalue weighted by atomic mass is 10.1. The van der Waals surface area contributed by atoms with E-state index in [1.165, 1.54) is 25.3 Å². The van der Waals surface area contributed by atoms with Gasteiger partial charge in [-0.1, -0.05) is 12.1 Å². The molecule has 0 heterocycles. The van der Waals surface area contributed by atoms with Gasteiger partial charge in [0.15, 0.2) is 0 Å². The molecule has 0 aliphatic heterocycles. The number of anilines is 2. The van der Waals surface area contributed by atoms with Gasteiger partial charge in [0.1, 0.15) is 12.4 Å². The number of aliphatic hydroxyl groups is 1. The molecule has 0 aromatic heterocycles. The molecule has 0 aliphatic carbocycles. The molecule has 0 spiro atoms. The fraction of sp³-hybridized carbons (Fsp3) is 0.222. The molecule has 0 saturated heterocycles. The molecule has 2 aromatic carbocycles. The summed E-state index contributed by atoms with van der Waals surface area (Å²) in [6, 6.07) is 11.5. The third-order valence-corrected chi connectivity index (χ3v) is 3.39. The summed E-state index contributed by atoms with van der Waals surface area (Å²) in [7, 11) is 1.43. The van der Waals surface area contributed by atoms with Crippen LogP contribution in [0.1, 0.15) is 11.7 Å². The largest absolute Gasteiger partial charge is 0.387 e. The Morgan fingerprint density at radius 3 is 2.38 bits per heavy atom. The van der Waals surface area contributed by atoms with Crippen molar-refractivity contribution in [1.29, 1.82) is 0 Å². The topological polar surface area (TPSA) is 99.7 Å². The Balaban J connectivity index is 1.81. The highest BCUT2D eigenvalue weighted by Crippen LogP contribution is 2.15. The van der Waals surface area contributed by atoms with Crippen LogP contribution >= 0.6 is 0 Å². The van der Waals surface area contributed by atoms with Gasteiger partial charge in [-0.15, -0.1) is 0 Å². The molecule has 2 rings (SSSR count). The predicted octanol–water partition coefficient (Wildman–Crippen LogP) is 2.27. The van der Waals surface area contributed by atoms with E-state index in [9.17, 15) is 19.1 Å². The molecule has 0 saturated carbocycles. The SMILES string of the molecule is COCC(=O)Nc1ccc(NC(=O)NCC(O)c2cccc(F)c2)cc1. The minimum Gasteiger partial charge on any atom is -0.387 e. The van der Waals surface area contributed by atoms with Crippen LogP contribution in [0.25, 0.3) is 0 Å². The van der Waals surface area contributed by atoms with E-state index in [1.54, 1.807) is 30.3 Å². The van der Waals surface area contributed by atoms with Crippen LogP contribution in [0.5, 0.6) is 0 Å². The average Bonchev–Trinajstić information content (AvgIpc) is 2.61. The maximum atomic E-state index is 13.1. The lowest BCUT2D eigenvalue weighted by Gasteiger charge is -2.13.